The third-order valence-corrected chi connectivity index (χ3v) is 12.8. The fourth-order valence-electron chi connectivity index (χ4n) is 7.94. The van der Waals surface area contributed by atoms with E-state index in [4.69, 9.17) is 17.2 Å². The van der Waals surface area contributed by atoms with Gasteiger partial charge in [-0.25, -0.2) is 0 Å². The second kappa shape index (κ2) is 28.8. The Morgan fingerprint density at radius 3 is 1.71 bits per heavy atom. The average molecular weight is 1080 g/mol. The summed E-state index contributed by atoms with van der Waals surface area (Å²) in [6.45, 7) is 5.60. The highest BCUT2D eigenvalue weighted by Gasteiger charge is 2.40. The molecular formula is C51H71N11O11S2. The molecular weight excluding hydrogens is 1010 g/mol. The van der Waals surface area contributed by atoms with E-state index in [-0.39, 0.29) is 43.7 Å². The van der Waals surface area contributed by atoms with Crippen molar-refractivity contribution in [1.82, 2.24) is 42.2 Å². The van der Waals surface area contributed by atoms with Crippen LogP contribution < -0.4 is 54.4 Å². The van der Waals surface area contributed by atoms with Crippen molar-refractivity contribution < 1.29 is 53.7 Å². The molecule has 8 amide bonds. The molecule has 0 aliphatic carbocycles. The molecule has 0 aliphatic rings. The number of amides is 8. The van der Waals surface area contributed by atoms with Gasteiger partial charge < -0.3 is 74.7 Å². The first-order valence-electron chi connectivity index (χ1n) is 24.4. The summed E-state index contributed by atoms with van der Waals surface area (Å²) in [5.41, 5.74) is 20.0. The lowest BCUT2D eigenvalue weighted by molar-refractivity contribution is -0.137. The quantitative estimate of drug-likeness (QED) is 0.0221. The Bertz CT molecular complexity index is 2580. The zero-order valence-electron chi connectivity index (χ0n) is 42.2. The van der Waals surface area contributed by atoms with Gasteiger partial charge in [-0.1, -0.05) is 60.7 Å². The van der Waals surface area contributed by atoms with Gasteiger partial charge in [-0.2, -0.15) is 25.3 Å². The Morgan fingerprint density at radius 2 is 1.13 bits per heavy atom. The van der Waals surface area contributed by atoms with Gasteiger partial charge in [-0.3, -0.25) is 38.4 Å². The third-order valence-electron chi connectivity index (χ3n) is 12.2. The molecule has 0 saturated heterocycles. The molecule has 0 fully saturated rings. The summed E-state index contributed by atoms with van der Waals surface area (Å²) in [7, 11) is 0. The van der Waals surface area contributed by atoms with Crippen molar-refractivity contribution >= 4 is 83.4 Å². The summed E-state index contributed by atoms with van der Waals surface area (Å²) in [5.74, 6) is -7.41. The summed E-state index contributed by atoms with van der Waals surface area (Å²) in [4.78, 5) is 113. The van der Waals surface area contributed by atoms with Gasteiger partial charge in [0.1, 0.15) is 48.0 Å². The number of para-hydroxylation sites is 1. The molecule has 1 heterocycles. The maximum absolute atomic E-state index is 14.7. The molecule has 0 aliphatic heterocycles. The van der Waals surface area contributed by atoms with Gasteiger partial charge in [-0.15, -0.1) is 0 Å². The van der Waals surface area contributed by atoms with Crippen molar-refractivity contribution in [1.29, 1.82) is 0 Å². The normalized spacial score (nSPS) is 15.5. The molecule has 0 saturated carbocycles. The first-order valence-corrected chi connectivity index (χ1v) is 25.5. The number of carbonyl (C=O) groups is 8. The Labute approximate surface area is 446 Å². The van der Waals surface area contributed by atoms with Gasteiger partial charge >= 0.3 is 0 Å². The number of aliphatic hydroxyl groups is 2. The minimum atomic E-state index is -1.74. The number of rotatable bonds is 29. The van der Waals surface area contributed by atoms with Crippen LogP contribution in [0.25, 0.3) is 10.9 Å². The molecule has 0 spiro atoms. The Hall–Kier alpha value is -6.70. The molecule has 4 aromatic rings. The number of benzene rings is 3. The topological polar surface area (TPSA) is 375 Å². The van der Waals surface area contributed by atoms with Gasteiger partial charge in [0, 0.05) is 40.4 Å². The molecule has 10 atom stereocenters. The van der Waals surface area contributed by atoms with Gasteiger partial charge in [0.25, 0.3) is 0 Å². The van der Waals surface area contributed by atoms with E-state index in [2.05, 4.69) is 67.5 Å². The number of nitrogens with two attached hydrogens (primary N) is 3. The van der Waals surface area contributed by atoms with E-state index < -0.39 is 113 Å². The predicted octanol–water partition coefficient (Wildman–Crippen LogP) is -1.36. The molecule has 0 bridgehead atoms. The molecule has 24 heteroatoms. The summed E-state index contributed by atoms with van der Waals surface area (Å²) in [6.07, 6.45) is -0.810. The lowest BCUT2D eigenvalue weighted by Gasteiger charge is -2.33. The Balaban J connectivity index is 1.65. The van der Waals surface area contributed by atoms with E-state index in [1.165, 1.54) is 52.0 Å². The second-order valence-electron chi connectivity index (χ2n) is 18.9. The molecule has 0 radical (unpaired) electrons. The van der Waals surface area contributed by atoms with Gasteiger partial charge in [-0.05, 0) is 94.8 Å². The van der Waals surface area contributed by atoms with E-state index >= 15 is 0 Å². The average Bonchev–Trinajstić information content (AvgIpc) is 3.77. The van der Waals surface area contributed by atoms with Crippen LogP contribution in [0.2, 0.25) is 0 Å². The number of aromatic hydroxyl groups is 1. The minimum Gasteiger partial charge on any atom is -0.508 e. The third kappa shape index (κ3) is 18.6. The van der Waals surface area contributed by atoms with E-state index in [1.807, 2.05) is 12.1 Å². The van der Waals surface area contributed by atoms with Gasteiger partial charge in [0.15, 0.2) is 0 Å². The monoisotopic (exact) mass is 1080 g/mol. The van der Waals surface area contributed by atoms with Crippen LogP contribution in [-0.4, -0.2) is 145 Å². The fourth-order valence-corrected chi connectivity index (χ4v) is 8.38. The molecule has 22 nitrogen and oxygen atoms in total. The predicted molar refractivity (Wildman–Crippen MR) is 288 cm³/mol. The van der Waals surface area contributed by atoms with Crippen molar-refractivity contribution in [2.24, 2.45) is 17.2 Å². The summed E-state index contributed by atoms with van der Waals surface area (Å²) in [6, 6.07) is 10.7. The summed E-state index contributed by atoms with van der Waals surface area (Å²) < 4.78 is -1.33. The van der Waals surface area contributed by atoms with Crippen LogP contribution in [0.1, 0.15) is 63.6 Å². The zero-order chi connectivity index (χ0) is 55.6. The first kappa shape index (κ1) is 60.9. The number of aliphatic hydroxyl groups excluding tert-OH is 2. The lowest BCUT2D eigenvalue weighted by Crippen LogP contribution is -2.64. The molecule has 4 rings (SSSR count). The number of nitrogens with one attached hydrogen (secondary N) is 8. The number of unbranched alkanes of at least 4 members (excludes halogenated alkanes) is 1. The Morgan fingerprint density at radius 1 is 0.613 bits per heavy atom. The highest BCUT2D eigenvalue weighted by molar-refractivity contribution is 7.81. The van der Waals surface area contributed by atoms with E-state index in [1.54, 1.807) is 48.7 Å². The number of carbonyl (C=O) groups excluding carboxylic acids is 8. The molecule has 17 N–H and O–H groups in total. The Kier molecular flexibility index (Phi) is 23.4. The van der Waals surface area contributed by atoms with E-state index in [0.29, 0.717) is 29.4 Å². The largest absolute Gasteiger partial charge is 0.508 e. The van der Waals surface area contributed by atoms with Crippen molar-refractivity contribution in [2.75, 3.05) is 12.3 Å². The number of hydrogen-bond donors (Lipinski definition) is 16. The van der Waals surface area contributed by atoms with Crippen molar-refractivity contribution in [3.63, 3.8) is 0 Å². The first-order chi connectivity index (χ1) is 35.4. The molecule has 3 aromatic carbocycles. The van der Waals surface area contributed by atoms with Crippen molar-refractivity contribution in [2.45, 2.75) is 132 Å². The number of hydrogen-bond acceptors (Lipinski definition) is 15. The van der Waals surface area contributed by atoms with Crippen LogP contribution in [0.3, 0.4) is 0 Å². The number of phenols is 1. The number of phenolic OH excluding ortho intramolecular Hbond substituents is 1. The molecule has 1 aromatic heterocycles. The number of aromatic amines is 1. The molecule has 75 heavy (non-hydrogen) atoms. The molecule has 0 unspecified atom stereocenters. The summed E-state index contributed by atoms with van der Waals surface area (Å²) in [5, 5.41) is 49.6. The SMILES string of the molecule is C[C@@H](O)[C@H](NC(=O)[C@@H](NC(=O)[C@@H](NC(=O)[C@H](CCCCN)NC(=O)[C@H](Cc1c[nH]c2ccccc12)NC(=O)[C@H](Cc1ccc(O)cc1)NC(=O)[C@H](CS)NC(=O)[C@H](N)Cc1ccccc1)[C@@H](C)O)C(C)(C)S)C(N)=O. The van der Waals surface area contributed by atoms with Crippen LogP contribution in [0.4, 0.5) is 0 Å². The number of fused-ring (bicyclic) bond motifs is 1. The van der Waals surface area contributed by atoms with Crippen LogP contribution in [0.5, 0.6) is 5.75 Å². The highest BCUT2D eigenvalue weighted by atomic mass is 32.1. The van der Waals surface area contributed by atoms with Crippen molar-refractivity contribution in [3.8, 4) is 5.75 Å². The highest BCUT2D eigenvalue weighted by Crippen LogP contribution is 2.21. The second-order valence-corrected chi connectivity index (χ2v) is 20.4. The van der Waals surface area contributed by atoms with Gasteiger partial charge in [0.2, 0.25) is 47.3 Å². The zero-order valence-corrected chi connectivity index (χ0v) is 44.0. The maximum Gasteiger partial charge on any atom is 0.245 e. The number of H-pyrrole nitrogens is 1. The lowest BCUT2D eigenvalue weighted by atomic mass is 9.99. The van der Waals surface area contributed by atoms with E-state index in [9.17, 15) is 53.7 Å². The fraction of sp³-hybridized carbons (Fsp3) is 0.451. The van der Waals surface area contributed by atoms with Crippen molar-refractivity contribution in [3.05, 3.63) is 102 Å². The van der Waals surface area contributed by atoms with E-state index in [0.717, 1.165) is 11.1 Å². The van der Waals surface area contributed by atoms with Crippen LogP contribution in [0, 0.1) is 0 Å². The van der Waals surface area contributed by atoms with Crippen LogP contribution >= 0.6 is 25.3 Å². The minimum absolute atomic E-state index is 0.0371. The number of primary amides is 1. The molecule has 408 valence electrons. The smallest absolute Gasteiger partial charge is 0.245 e. The maximum atomic E-state index is 14.7. The van der Waals surface area contributed by atoms with Crippen LogP contribution in [-0.2, 0) is 57.6 Å². The van der Waals surface area contributed by atoms with Gasteiger partial charge in [0.05, 0.1) is 18.2 Å². The number of thiol groups is 2. The standard InChI is InChI=1S/C51H71N11O11S2/c1-27(63)40(43(54)66)60-50(73)42(51(3,4)75)62-49(72)41(28(2)64)61-45(68)36(16-10-11-21-52)56-47(70)38(24-31-25-55-35-15-9-8-14-33(31)35)58-46(69)37(23-30-17-19-32(65)20-18-30)57-48(71)39(26-74)59-44(67)34(53)22-29-12-6-5-7-13-29/h5-9,12-15,17-20,25,27-28,34,36-42,55,63-65,74-75H,10-11,16,21-24,26,52-53H2,1-4H3,(H2,54,66)(H,56,70)(H,57,71)(H,58,69)(H,59,67)(H,60,73)(H,61,68)(H,62,72)/t27-,28-,34-,36+,37+,38+,39+,40+,41+,42-/m1/s1. The summed E-state index contributed by atoms with van der Waals surface area (Å²) >= 11 is 8.75. The number of aromatic nitrogens is 1. The van der Waals surface area contributed by atoms with Crippen LogP contribution in [0.15, 0.2) is 85.1 Å².